The standard InChI is InChI=1S/C80H81BN4/c1-76(2,3)54-29-37-62(38-30-54)82(63-39-31-55(32-40-63)77(4,5)6)61-35-26-52(27-36-61)53-28-42-67-71(46-53)83(59-22-18-16-19-23-59)73-49-58(80(13,14)15)50-74-75(73)81(67)68-43-41-64(51-72(68)84(74)60-24-20-17-21-25-60)85-69-44-33-56(78(7,8)9)47-65(69)66-48-57(79(10,11)12)34-45-70(66)85/h16-51H,1-15H3. The summed E-state index contributed by atoms with van der Waals surface area (Å²) in [6.07, 6.45) is 0. The van der Waals surface area contributed by atoms with Gasteiger partial charge >= 0.3 is 0 Å². The smallest absolute Gasteiger partial charge is 0.252 e. The number of fused-ring (bicyclic) bond motifs is 7. The SMILES string of the molecule is CC(C)(C)c1ccc(N(c2ccc(-c3ccc4c(c3)N(c3ccccc3)c3cc(C(C)(C)C)cc5c3B4c3ccc(-n4c6ccc(C(C)(C)C)cc6c6cc(C(C)(C)C)ccc64)cc3N5c3ccccc3)cc2)c2ccc(C(C)(C)C)cc2)cc1. The molecule has 85 heavy (non-hydrogen) atoms. The van der Waals surface area contributed by atoms with Gasteiger partial charge in [0.05, 0.1) is 11.0 Å². The second-order valence-electron chi connectivity index (χ2n) is 29.2. The van der Waals surface area contributed by atoms with E-state index in [1.807, 2.05) is 0 Å². The molecular formula is C80H81BN4. The average molecular weight is 1110 g/mol. The van der Waals surface area contributed by atoms with Gasteiger partial charge in [-0.3, -0.25) is 0 Å². The van der Waals surface area contributed by atoms with E-state index in [0.29, 0.717) is 0 Å². The third-order valence-corrected chi connectivity index (χ3v) is 18.1. The first-order valence-electron chi connectivity index (χ1n) is 30.7. The van der Waals surface area contributed by atoms with Crippen molar-refractivity contribution in [3.8, 4) is 16.8 Å². The molecule has 5 heteroatoms. The van der Waals surface area contributed by atoms with Crippen LogP contribution in [0.3, 0.4) is 0 Å². The van der Waals surface area contributed by atoms with Gasteiger partial charge in [0.2, 0.25) is 0 Å². The third kappa shape index (κ3) is 9.84. The highest BCUT2D eigenvalue weighted by atomic mass is 15.2. The maximum absolute atomic E-state index is 2.57. The second kappa shape index (κ2) is 20.1. The lowest BCUT2D eigenvalue weighted by Crippen LogP contribution is -2.61. The lowest BCUT2D eigenvalue weighted by molar-refractivity contribution is 0.590. The molecule has 0 spiro atoms. The van der Waals surface area contributed by atoms with Gasteiger partial charge in [-0.2, -0.15) is 0 Å². The lowest BCUT2D eigenvalue weighted by atomic mass is 9.33. The van der Waals surface area contributed by atoms with Crippen molar-refractivity contribution in [2.24, 2.45) is 0 Å². The number of hydrogen-bond acceptors (Lipinski definition) is 3. The highest BCUT2D eigenvalue weighted by molar-refractivity contribution is 7.00. The van der Waals surface area contributed by atoms with E-state index in [-0.39, 0.29) is 33.8 Å². The van der Waals surface area contributed by atoms with E-state index < -0.39 is 0 Å². The van der Waals surface area contributed by atoms with Crippen LogP contribution in [0.15, 0.2) is 218 Å². The summed E-state index contributed by atoms with van der Waals surface area (Å²) < 4.78 is 2.52. The van der Waals surface area contributed by atoms with Crippen LogP contribution >= 0.6 is 0 Å². The van der Waals surface area contributed by atoms with E-state index in [0.717, 1.165) is 34.1 Å². The Labute approximate surface area is 506 Å². The van der Waals surface area contributed by atoms with Gasteiger partial charge in [0, 0.05) is 67.6 Å². The number of anilines is 9. The molecule has 2 aliphatic rings. The van der Waals surface area contributed by atoms with Crippen LogP contribution in [0.25, 0.3) is 38.6 Å². The van der Waals surface area contributed by atoms with Gasteiger partial charge in [0.15, 0.2) is 0 Å². The van der Waals surface area contributed by atoms with E-state index in [2.05, 4.69) is 342 Å². The summed E-state index contributed by atoms with van der Waals surface area (Å²) in [5.41, 5.74) is 26.8. The van der Waals surface area contributed by atoms with Crippen LogP contribution in [-0.4, -0.2) is 11.3 Å². The normalized spacial score (nSPS) is 13.5. The molecule has 0 saturated carbocycles. The first-order valence-corrected chi connectivity index (χ1v) is 30.7. The Morgan fingerprint density at radius 3 is 1.09 bits per heavy atom. The van der Waals surface area contributed by atoms with Crippen LogP contribution in [0.2, 0.25) is 0 Å². The molecule has 0 amide bonds. The summed E-state index contributed by atoms with van der Waals surface area (Å²) in [4.78, 5) is 7.52. The van der Waals surface area contributed by atoms with Crippen LogP contribution < -0.4 is 31.1 Å². The maximum atomic E-state index is 2.57. The molecule has 3 heterocycles. The van der Waals surface area contributed by atoms with Crippen molar-refractivity contribution in [3.05, 3.63) is 246 Å². The zero-order valence-electron chi connectivity index (χ0n) is 52.7. The topological polar surface area (TPSA) is 14.7 Å². The minimum absolute atomic E-state index is 0.00362. The van der Waals surface area contributed by atoms with Crippen molar-refractivity contribution in [3.63, 3.8) is 0 Å². The minimum atomic E-state index is -0.157. The van der Waals surface area contributed by atoms with Crippen molar-refractivity contribution >= 4 is 96.1 Å². The van der Waals surface area contributed by atoms with Gasteiger partial charge in [0.25, 0.3) is 6.71 Å². The zero-order chi connectivity index (χ0) is 59.7. The number of rotatable bonds is 7. The molecule has 13 rings (SSSR count). The van der Waals surface area contributed by atoms with Crippen molar-refractivity contribution < 1.29 is 0 Å². The van der Waals surface area contributed by atoms with Gasteiger partial charge < -0.3 is 19.3 Å². The third-order valence-electron chi connectivity index (χ3n) is 18.1. The molecule has 0 aliphatic carbocycles. The Balaban J connectivity index is 1.01. The summed E-state index contributed by atoms with van der Waals surface area (Å²) >= 11 is 0. The minimum Gasteiger partial charge on any atom is -0.311 e. The molecule has 0 atom stereocenters. The fraction of sp³-hybridized carbons (Fsp3) is 0.250. The number of nitrogens with zero attached hydrogens (tertiary/aromatic N) is 4. The van der Waals surface area contributed by atoms with Gasteiger partial charge in [-0.25, -0.2) is 0 Å². The largest absolute Gasteiger partial charge is 0.311 e. The number of aromatic nitrogens is 1. The molecule has 11 aromatic rings. The summed E-state index contributed by atoms with van der Waals surface area (Å²) in [6.45, 7) is 34.6. The van der Waals surface area contributed by atoms with Crippen LogP contribution in [0.1, 0.15) is 132 Å². The molecule has 0 unspecified atom stereocenters. The molecule has 0 radical (unpaired) electrons. The molecule has 0 fully saturated rings. The van der Waals surface area contributed by atoms with E-state index in [1.165, 1.54) is 99.9 Å². The van der Waals surface area contributed by atoms with Crippen molar-refractivity contribution in [2.45, 2.75) is 131 Å². The molecule has 0 bridgehead atoms. The predicted octanol–water partition coefficient (Wildman–Crippen LogP) is 20.5. The van der Waals surface area contributed by atoms with E-state index in [1.54, 1.807) is 0 Å². The number of hydrogen-bond donors (Lipinski definition) is 0. The highest BCUT2D eigenvalue weighted by Crippen LogP contribution is 2.48. The molecule has 1 aromatic heterocycles. The molecule has 0 saturated heterocycles. The monoisotopic (exact) mass is 1110 g/mol. The Kier molecular flexibility index (Phi) is 13.1. The summed E-state index contributed by atoms with van der Waals surface area (Å²) in [6, 6.07) is 83.5. The lowest BCUT2D eigenvalue weighted by Gasteiger charge is -2.45. The Hall–Kier alpha value is -8.54. The van der Waals surface area contributed by atoms with Gasteiger partial charge in [-0.1, -0.05) is 207 Å². The Bertz CT molecular complexity index is 4220. The van der Waals surface area contributed by atoms with Crippen LogP contribution in [0, 0.1) is 0 Å². The molecule has 424 valence electrons. The fourth-order valence-corrected chi connectivity index (χ4v) is 13.1. The first-order chi connectivity index (χ1) is 40.3. The zero-order valence-corrected chi connectivity index (χ0v) is 52.7. The Morgan fingerprint density at radius 2 is 0.671 bits per heavy atom. The second-order valence-corrected chi connectivity index (χ2v) is 29.2. The summed E-state index contributed by atoms with van der Waals surface area (Å²) in [5.74, 6) is 0. The van der Waals surface area contributed by atoms with Crippen LogP contribution in [0.5, 0.6) is 0 Å². The predicted molar refractivity (Wildman–Crippen MR) is 368 cm³/mol. The van der Waals surface area contributed by atoms with E-state index in [9.17, 15) is 0 Å². The number of benzene rings is 10. The van der Waals surface area contributed by atoms with Crippen LogP contribution in [-0.2, 0) is 27.1 Å². The molecule has 2 aliphatic heterocycles. The van der Waals surface area contributed by atoms with Gasteiger partial charge in [0.1, 0.15) is 0 Å². The highest BCUT2D eigenvalue weighted by Gasteiger charge is 2.44. The maximum Gasteiger partial charge on any atom is 0.252 e. The quantitative estimate of drug-likeness (QED) is 0.148. The molecule has 0 N–H and O–H groups in total. The van der Waals surface area contributed by atoms with E-state index in [4.69, 9.17) is 0 Å². The summed E-state index contributed by atoms with van der Waals surface area (Å²) in [5, 5.41) is 2.58. The molecule has 10 aromatic carbocycles. The number of para-hydroxylation sites is 2. The molecular weight excluding hydrogens is 1030 g/mol. The average Bonchev–Trinajstić information content (AvgIpc) is 0.897. The van der Waals surface area contributed by atoms with E-state index >= 15 is 0 Å². The van der Waals surface area contributed by atoms with Crippen molar-refractivity contribution in [2.75, 3.05) is 14.7 Å². The van der Waals surface area contributed by atoms with Crippen molar-refractivity contribution in [1.29, 1.82) is 0 Å². The summed E-state index contributed by atoms with van der Waals surface area (Å²) in [7, 11) is 0. The first kappa shape index (κ1) is 55.6. The van der Waals surface area contributed by atoms with Gasteiger partial charge in [-0.05, 0) is 198 Å². The van der Waals surface area contributed by atoms with Gasteiger partial charge in [-0.15, -0.1) is 0 Å². The Morgan fingerprint density at radius 1 is 0.294 bits per heavy atom. The van der Waals surface area contributed by atoms with Crippen LogP contribution in [0.4, 0.5) is 51.2 Å². The molecule has 4 nitrogen and oxygen atoms in total. The fourth-order valence-electron chi connectivity index (χ4n) is 13.1. The van der Waals surface area contributed by atoms with Crippen molar-refractivity contribution in [1.82, 2.24) is 4.57 Å².